The van der Waals surface area contributed by atoms with Crippen molar-refractivity contribution < 1.29 is 18.3 Å². The lowest BCUT2D eigenvalue weighted by molar-refractivity contribution is -0.137. The minimum absolute atomic E-state index is 0.0582. The standard InChI is InChI=1S/C11H15NO4S/c1-9(7-11(13)14)8-12-17(15,16)10-5-3-2-4-6-10/h2-6,9,12H,7-8H2,1H3,(H,13,14). The molecule has 1 atom stereocenters. The molecule has 94 valence electrons. The van der Waals surface area contributed by atoms with Crippen molar-refractivity contribution in [3.05, 3.63) is 30.3 Å². The Balaban J connectivity index is 2.60. The van der Waals surface area contributed by atoms with Gasteiger partial charge in [-0.25, -0.2) is 13.1 Å². The van der Waals surface area contributed by atoms with Crippen molar-refractivity contribution in [2.75, 3.05) is 6.54 Å². The summed E-state index contributed by atoms with van der Waals surface area (Å²) in [4.78, 5) is 10.6. The first-order valence-corrected chi connectivity index (χ1v) is 6.66. The summed E-state index contributed by atoms with van der Waals surface area (Å²) in [5.74, 6) is -1.18. The van der Waals surface area contributed by atoms with E-state index in [1.807, 2.05) is 0 Å². The highest BCUT2D eigenvalue weighted by Crippen LogP contribution is 2.08. The first-order chi connectivity index (χ1) is 7.92. The van der Waals surface area contributed by atoms with Crippen LogP contribution < -0.4 is 4.72 Å². The number of carbonyl (C=O) groups is 1. The fourth-order valence-corrected chi connectivity index (χ4v) is 2.49. The van der Waals surface area contributed by atoms with Crippen LogP contribution in [0, 0.1) is 5.92 Å². The van der Waals surface area contributed by atoms with Gasteiger partial charge in [-0.1, -0.05) is 25.1 Å². The molecule has 1 aromatic rings. The van der Waals surface area contributed by atoms with Gasteiger partial charge in [-0.3, -0.25) is 4.79 Å². The SMILES string of the molecule is CC(CNS(=O)(=O)c1ccccc1)CC(=O)O. The molecule has 0 fully saturated rings. The van der Waals surface area contributed by atoms with E-state index in [0.717, 1.165) is 0 Å². The van der Waals surface area contributed by atoms with Crippen LogP contribution in [0.4, 0.5) is 0 Å². The Morgan fingerprint density at radius 1 is 1.35 bits per heavy atom. The van der Waals surface area contributed by atoms with Gasteiger partial charge in [-0.05, 0) is 18.1 Å². The molecule has 0 saturated heterocycles. The number of benzene rings is 1. The Kier molecular flexibility index (Phi) is 4.65. The molecule has 0 aliphatic rings. The van der Waals surface area contributed by atoms with Crippen molar-refractivity contribution in [1.82, 2.24) is 4.72 Å². The van der Waals surface area contributed by atoms with Crippen LogP contribution in [0.5, 0.6) is 0 Å². The Hall–Kier alpha value is -1.40. The Bertz CT molecular complexity index is 470. The van der Waals surface area contributed by atoms with Crippen LogP contribution in [0.1, 0.15) is 13.3 Å². The van der Waals surface area contributed by atoms with E-state index in [2.05, 4.69) is 4.72 Å². The van der Waals surface area contributed by atoms with Gasteiger partial charge >= 0.3 is 5.97 Å². The van der Waals surface area contributed by atoms with Gasteiger partial charge in [0.1, 0.15) is 0 Å². The van der Waals surface area contributed by atoms with Gasteiger partial charge in [0.25, 0.3) is 0 Å². The molecule has 0 bridgehead atoms. The topological polar surface area (TPSA) is 83.5 Å². The summed E-state index contributed by atoms with van der Waals surface area (Å²) < 4.78 is 25.9. The quantitative estimate of drug-likeness (QED) is 0.798. The average Bonchev–Trinajstić information content (AvgIpc) is 2.27. The molecule has 5 nitrogen and oxygen atoms in total. The van der Waals surface area contributed by atoms with E-state index in [4.69, 9.17) is 5.11 Å². The zero-order chi connectivity index (χ0) is 12.9. The average molecular weight is 257 g/mol. The first kappa shape index (κ1) is 13.7. The van der Waals surface area contributed by atoms with Crippen molar-refractivity contribution in [3.63, 3.8) is 0 Å². The molecule has 0 aliphatic heterocycles. The largest absolute Gasteiger partial charge is 0.481 e. The number of carboxylic acid groups (broad SMARTS) is 1. The van der Waals surface area contributed by atoms with Crippen LogP contribution in [0.25, 0.3) is 0 Å². The Morgan fingerprint density at radius 3 is 2.47 bits per heavy atom. The number of aliphatic carboxylic acids is 1. The zero-order valence-electron chi connectivity index (χ0n) is 9.46. The van der Waals surface area contributed by atoms with E-state index >= 15 is 0 Å². The van der Waals surface area contributed by atoms with Crippen molar-refractivity contribution in [1.29, 1.82) is 0 Å². The Morgan fingerprint density at radius 2 is 1.94 bits per heavy atom. The maximum Gasteiger partial charge on any atom is 0.303 e. The lowest BCUT2D eigenvalue weighted by Gasteiger charge is -2.10. The van der Waals surface area contributed by atoms with Gasteiger partial charge in [-0.2, -0.15) is 0 Å². The zero-order valence-corrected chi connectivity index (χ0v) is 10.3. The highest BCUT2D eigenvalue weighted by atomic mass is 32.2. The van der Waals surface area contributed by atoms with Gasteiger partial charge in [-0.15, -0.1) is 0 Å². The van der Waals surface area contributed by atoms with E-state index in [-0.39, 0.29) is 23.8 Å². The molecule has 0 aromatic heterocycles. The minimum atomic E-state index is -3.53. The molecular weight excluding hydrogens is 242 g/mol. The van der Waals surface area contributed by atoms with Crippen molar-refractivity contribution in [2.45, 2.75) is 18.2 Å². The van der Waals surface area contributed by atoms with Crippen molar-refractivity contribution in [2.24, 2.45) is 5.92 Å². The van der Waals surface area contributed by atoms with E-state index < -0.39 is 16.0 Å². The second-order valence-electron chi connectivity index (χ2n) is 3.87. The summed E-state index contributed by atoms with van der Waals surface area (Å²) in [6.45, 7) is 1.80. The third kappa shape index (κ3) is 4.54. The number of rotatable bonds is 6. The fraction of sp³-hybridized carbons (Fsp3) is 0.364. The summed E-state index contributed by atoms with van der Waals surface area (Å²) in [5, 5.41) is 8.55. The van der Waals surface area contributed by atoms with Crippen molar-refractivity contribution >= 4 is 16.0 Å². The third-order valence-electron chi connectivity index (χ3n) is 2.20. The monoisotopic (exact) mass is 257 g/mol. The van der Waals surface area contributed by atoms with E-state index in [1.54, 1.807) is 25.1 Å². The predicted octanol–water partition coefficient (Wildman–Crippen LogP) is 1.08. The van der Waals surface area contributed by atoms with Gasteiger partial charge in [0.15, 0.2) is 0 Å². The molecule has 0 amide bonds. The maximum atomic E-state index is 11.8. The highest BCUT2D eigenvalue weighted by Gasteiger charge is 2.15. The summed E-state index contributed by atoms with van der Waals surface area (Å²) >= 11 is 0. The van der Waals surface area contributed by atoms with Crippen LogP contribution >= 0.6 is 0 Å². The molecule has 2 N–H and O–H groups in total. The van der Waals surface area contributed by atoms with Crippen LogP contribution in [0.15, 0.2) is 35.2 Å². The van der Waals surface area contributed by atoms with E-state index in [0.29, 0.717) is 0 Å². The van der Waals surface area contributed by atoms with Gasteiger partial charge < -0.3 is 5.11 Å². The summed E-state index contributed by atoms with van der Waals surface area (Å²) in [5.41, 5.74) is 0. The molecule has 0 spiro atoms. The van der Waals surface area contributed by atoms with Gasteiger partial charge in [0, 0.05) is 13.0 Å². The van der Waals surface area contributed by atoms with Gasteiger partial charge in [0.2, 0.25) is 10.0 Å². The molecular formula is C11H15NO4S. The molecule has 0 heterocycles. The number of sulfonamides is 1. The molecule has 0 aliphatic carbocycles. The normalized spacial score (nSPS) is 13.2. The second kappa shape index (κ2) is 5.79. The van der Waals surface area contributed by atoms with Crippen LogP contribution in [-0.4, -0.2) is 26.0 Å². The van der Waals surface area contributed by atoms with Crippen LogP contribution in [0.3, 0.4) is 0 Å². The number of carboxylic acids is 1. The second-order valence-corrected chi connectivity index (χ2v) is 5.63. The molecule has 1 rings (SSSR count). The van der Waals surface area contributed by atoms with Crippen LogP contribution in [-0.2, 0) is 14.8 Å². The van der Waals surface area contributed by atoms with E-state index in [1.165, 1.54) is 12.1 Å². The predicted molar refractivity (Wildman–Crippen MR) is 63.0 cm³/mol. The highest BCUT2D eigenvalue weighted by molar-refractivity contribution is 7.89. The molecule has 0 saturated carbocycles. The number of nitrogens with one attached hydrogen (secondary N) is 1. The summed E-state index contributed by atoms with van der Waals surface area (Å²) in [7, 11) is -3.53. The summed E-state index contributed by atoms with van der Waals surface area (Å²) in [6, 6.07) is 7.98. The Labute approximate surface area is 101 Å². The fourth-order valence-electron chi connectivity index (χ4n) is 1.31. The number of hydrogen-bond donors (Lipinski definition) is 2. The maximum absolute atomic E-state index is 11.8. The molecule has 0 radical (unpaired) electrons. The summed E-state index contributed by atoms with van der Waals surface area (Å²) in [6.07, 6.45) is -0.0582. The molecule has 17 heavy (non-hydrogen) atoms. The molecule has 6 heteroatoms. The number of hydrogen-bond acceptors (Lipinski definition) is 3. The minimum Gasteiger partial charge on any atom is -0.481 e. The molecule has 1 aromatic carbocycles. The molecule has 1 unspecified atom stereocenters. The van der Waals surface area contributed by atoms with E-state index in [9.17, 15) is 13.2 Å². The van der Waals surface area contributed by atoms with Crippen molar-refractivity contribution in [3.8, 4) is 0 Å². The smallest absolute Gasteiger partial charge is 0.303 e. The third-order valence-corrected chi connectivity index (χ3v) is 3.64. The van der Waals surface area contributed by atoms with Crippen LogP contribution in [0.2, 0.25) is 0 Å². The van der Waals surface area contributed by atoms with Gasteiger partial charge in [0.05, 0.1) is 4.90 Å². The lowest BCUT2D eigenvalue weighted by Crippen LogP contribution is -2.29. The first-order valence-electron chi connectivity index (χ1n) is 5.18. The lowest BCUT2D eigenvalue weighted by atomic mass is 10.1.